The van der Waals surface area contributed by atoms with Gasteiger partial charge in [0.05, 0.1) is 5.56 Å². The smallest absolute Gasteiger partial charge is 0.258 e. The summed E-state index contributed by atoms with van der Waals surface area (Å²) in [5.41, 5.74) is 2.45. The van der Waals surface area contributed by atoms with Crippen LogP contribution in [0.1, 0.15) is 21.5 Å². The molecule has 0 saturated carbocycles. The molecule has 0 saturated heterocycles. The lowest BCUT2D eigenvalue weighted by molar-refractivity contribution is 0.102. The number of benzene rings is 2. The first-order chi connectivity index (χ1) is 9.10. The van der Waals surface area contributed by atoms with Crippen LogP contribution in [0.4, 0.5) is 10.1 Å². The SMILES string of the molecule is Cc1ccc(F)c(C(=O)Nc2ccc(CCl)cc2)c1. The minimum atomic E-state index is -0.527. The maximum Gasteiger partial charge on any atom is 0.258 e. The van der Waals surface area contributed by atoms with Gasteiger partial charge >= 0.3 is 0 Å². The van der Waals surface area contributed by atoms with Crippen molar-refractivity contribution in [1.82, 2.24) is 0 Å². The molecule has 0 radical (unpaired) electrons. The lowest BCUT2D eigenvalue weighted by Crippen LogP contribution is -2.13. The summed E-state index contributed by atoms with van der Waals surface area (Å²) in [4.78, 5) is 12.0. The third-order valence-electron chi connectivity index (χ3n) is 2.73. The maximum absolute atomic E-state index is 13.6. The van der Waals surface area contributed by atoms with E-state index in [0.29, 0.717) is 11.6 Å². The topological polar surface area (TPSA) is 29.1 Å². The average Bonchev–Trinajstić information content (AvgIpc) is 2.42. The second kappa shape index (κ2) is 5.85. The van der Waals surface area contributed by atoms with Crippen molar-refractivity contribution in [3.8, 4) is 0 Å². The molecule has 0 fully saturated rings. The molecule has 1 amide bonds. The van der Waals surface area contributed by atoms with Crippen molar-refractivity contribution in [3.63, 3.8) is 0 Å². The Morgan fingerprint density at radius 2 is 1.89 bits per heavy atom. The van der Waals surface area contributed by atoms with E-state index in [9.17, 15) is 9.18 Å². The molecule has 0 bridgehead atoms. The fraction of sp³-hybridized carbons (Fsp3) is 0.133. The highest BCUT2D eigenvalue weighted by Gasteiger charge is 2.11. The molecule has 0 atom stereocenters. The number of hydrogen-bond acceptors (Lipinski definition) is 1. The predicted molar refractivity (Wildman–Crippen MR) is 75.1 cm³/mol. The highest BCUT2D eigenvalue weighted by atomic mass is 35.5. The van der Waals surface area contributed by atoms with Crippen molar-refractivity contribution in [2.24, 2.45) is 0 Å². The molecule has 2 aromatic carbocycles. The van der Waals surface area contributed by atoms with E-state index < -0.39 is 11.7 Å². The first-order valence-corrected chi connectivity index (χ1v) is 6.36. The molecular formula is C15H13ClFNO. The number of nitrogens with one attached hydrogen (secondary N) is 1. The number of carbonyl (C=O) groups is 1. The Hall–Kier alpha value is -1.87. The van der Waals surface area contributed by atoms with Crippen LogP contribution in [0.2, 0.25) is 0 Å². The zero-order valence-electron chi connectivity index (χ0n) is 10.4. The van der Waals surface area contributed by atoms with Crippen molar-refractivity contribution in [2.75, 3.05) is 5.32 Å². The monoisotopic (exact) mass is 277 g/mol. The lowest BCUT2D eigenvalue weighted by Gasteiger charge is -2.07. The number of carbonyl (C=O) groups excluding carboxylic acids is 1. The number of halogens is 2. The summed E-state index contributed by atoms with van der Waals surface area (Å²) in [5, 5.41) is 2.66. The average molecular weight is 278 g/mol. The Kier molecular flexibility index (Phi) is 4.17. The Morgan fingerprint density at radius 1 is 1.21 bits per heavy atom. The minimum Gasteiger partial charge on any atom is -0.322 e. The summed E-state index contributed by atoms with van der Waals surface area (Å²) in [7, 11) is 0. The molecule has 0 unspecified atom stereocenters. The summed E-state index contributed by atoms with van der Waals surface area (Å²) >= 11 is 5.68. The van der Waals surface area contributed by atoms with Gasteiger partial charge in [-0.05, 0) is 36.8 Å². The van der Waals surface area contributed by atoms with Gasteiger partial charge in [0, 0.05) is 11.6 Å². The van der Waals surface area contributed by atoms with Crippen LogP contribution < -0.4 is 5.32 Å². The van der Waals surface area contributed by atoms with Crippen LogP contribution in [0.3, 0.4) is 0 Å². The minimum absolute atomic E-state index is 0.0430. The Bertz CT molecular complexity index is 596. The van der Waals surface area contributed by atoms with E-state index in [1.807, 2.05) is 19.1 Å². The maximum atomic E-state index is 13.6. The van der Waals surface area contributed by atoms with Crippen LogP contribution in [0.15, 0.2) is 42.5 Å². The van der Waals surface area contributed by atoms with Gasteiger partial charge in [0.15, 0.2) is 0 Å². The zero-order chi connectivity index (χ0) is 13.8. The third kappa shape index (κ3) is 3.32. The number of aryl methyl sites for hydroxylation is 1. The van der Waals surface area contributed by atoms with Gasteiger partial charge in [0.1, 0.15) is 5.82 Å². The largest absolute Gasteiger partial charge is 0.322 e. The standard InChI is InChI=1S/C15H13ClFNO/c1-10-2-7-14(17)13(8-10)15(19)18-12-5-3-11(9-16)4-6-12/h2-8H,9H2,1H3,(H,18,19). The van der Waals surface area contributed by atoms with E-state index in [1.54, 1.807) is 18.2 Å². The fourth-order valence-corrected chi connectivity index (χ4v) is 1.87. The molecule has 0 heterocycles. The van der Waals surface area contributed by atoms with Crippen LogP contribution in [0, 0.1) is 12.7 Å². The Morgan fingerprint density at radius 3 is 2.53 bits per heavy atom. The van der Waals surface area contributed by atoms with Crippen LogP contribution in [0.5, 0.6) is 0 Å². The number of amides is 1. The van der Waals surface area contributed by atoms with Crippen molar-refractivity contribution in [2.45, 2.75) is 12.8 Å². The molecule has 0 aliphatic rings. The molecule has 1 N–H and O–H groups in total. The predicted octanol–water partition coefficient (Wildman–Crippen LogP) is 4.13. The molecule has 0 aromatic heterocycles. The molecule has 19 heavy (non-hydrogen) atoms. The number of anilines is 1. The van der Waals surface area contributed by atoms with E-state index in [2.05, 4.69) is 5.32 Å². The first kappa shape index (κ1) is 13.6. The third-order valence-corrected chi connectivity index (χ3v) is 3.04. The van der Waals surface area contributed by atoms with Crippen LogP contribution in [0.25, 0.3) is 0 Å². The highest BCUT2D eigenvalue weighted by molar-refractivity contribution is 6.17. The molecular weight excluding hydrogens is 265 g/mol. The van der Waals surface area contributed by atoms with Crippen LogP contribution >= 0.6 is 11.6 Å². The van der Waals surface area contributed by atoms with E-state index in [1.165, 1.54) is 12.1 Å². The van der Waals surface area contributed by atoms with Crippen LogP contribution in [-0.4, -0.2) is 5.91 Å². The summed E-state index contributed by atoms with van der Waals surface area (Å²) in [6.45, 7) is 1.81. The molecule has 2 rings (SSSR count). The summed E-state index contributed by atoms with van der Waals surface area (Å²) in [5.74, 6) is -0.568. The van der Waals surface area contributed by atoms with E-state index >= 15 is 0 Å². The van der Waals surface area contributed by atoms with Gasteiger partial charge in [-0.1, -0.05) is 23.8 Å². The molecule has 98 valence electrons. The molecule has 0 spiro atoms. The van der Waals surface area contributed by atoms with Crippen molar-refractivity contribution in [3.05, 3.63) is 65.0 Å². The zero-order valence-corrected chi connectivity index (χ0v) is 11.2. The molecule has 4 heteroatoms. The molecule has 2 aromatic rings. The van der Waals surface area contributed by atoms with Gasteiger partial charge in [0.25, 0.3) is 5.91 Å². The Labute approximate surface area is 116 Å². The Balaban J connectivity index is 2.18. The van der Waals surface area contributed by atoms with Crippen molar-refractivity contribution >= 4 is 23.2 Å². The van der Waals surface area contributed by atoms with Gasteiger partial charge in [-0.25, -0.2) is 4.39 Å². The quantitative estimate of drug-likeness (QED) is 0.840. The highest BCUT2D eigenvalue weighted by Crippen LogP contribution is 2.15. The van der Waals surface area contributed by atoms with Crippen LogP contribution in [-0.2, 0) is 5.88 Å². The summed E-state index contributed by atoms with van der Waals surface area (Å²) < 4.78 is 13.6. The number of alkyl halides is 1. The second-order valence-electron chi connectivity index (χ2n) is 4.27. The van der Waals surface area contributed by atoms with E-state index in [-0.39, 0.29) is 5.56 Å². The summed E-state index contributed by atoms with van der Waals surface area (Å²) in [6.07, 6.45) is 0. The first-order valence-electron chi connectivity index (χ1n) is 5.82. The second-order valence-corrected chi connectivity index (χ2v) is 4.54. The van der Waals surface area contributed by atoms with Crippen molar-refractivity contribution < 1.29 is 9.18 Å². The van der Waals surface area contributed by atoms with Gasteiger partial charge in [-0.3, -0.25) is 4.79 Å². The number of rotatable bonds is 3. The number of hydrogen-bond donors (Lipinski definition) is 1. The molecule has 0 aliphatic heterocycles. The lowest BCUT2D eigenvalue weighted by atomic mass is 10.1. The fourth-order valence-electron chi connectivity index (χ4n) is 1.69. The van der Waals surface area contributed by atoms with Gasteiger partial charge in [0.2, 0.25) is 0 Å². The van der Waals surface area contributed by atoms with E-state index in [4.69, 9.17) is 11.6 Å². The van der Waals surface area contributed by atoms with Gasteiger partial charge < -0.3 is 5.32 Å². The molecule has 0 aliphatic carbocycles. The normalized spacial score (nSPS) is 10.3. The van der Waals surface area contributed by atoms with E-state index in [0.717, 1.165) is 11.1 Å². The van der Waals surface area contributed by atoms with Gasteiger partial charge in [-0.2, -0.15) is 0 Å². The molecule has 2 nitrogen and oxygen atoms in total. The van der Waals surface area contributed by atoms with Crippen molar-refractivity contribution in [1.29, 1.82) is 0 Å². The van der Waals surface area contributed by atoms with Gasteiger partial charge in [-0.15, -0.1) is 11.6 Å². The summed E-state index contributed by atoms with van der Waals surface area (Å²) in [6, 6.07) is 11.6.